The van der Waals surface area contributed by atoms with E-state index in [0.29, 0.717) is 30.3 Å². The number of carbonyl (C=O) groups excluding carboxylic acids is 1. The number of rotatable bonds is 8. The normalized spacial score (nSPS) is 10.4. The SMILES string of the molecule is COC(=O)Oc1c(OCc2ccccc2)cc(OCc2ccccc2)cc1-c1ccc(C)cc1. The quantitative estimate of drug-likeness (QED) is 0.213. The van der Waals surface area contributed by atoms with Crippen molar-refractivity contribution in [3.63, 3.8) is 0 Å². The summed E-state index contributed by atoms with van der Waals surface area (Å²) in [6, 6.07) is 31.2. The van der Waals surface area contributed by atoms with Crippen molar-refractivity contribution in [2.75, 3.05) is 7.11 Å². The Morgan fingerprint density at radius 1 is 0.735 bits per heavy atom. The second-order valence-electron chi connectivity index (χ2n) is 7.77. The average molecular weight is 455 g/mol. The molecule has 0 unspecified atom stereocenters. The number of hydrogen-bond acceptors (Lipinski definition) is 5. The Balaban J connectivity index is 1.74. The molecule has 4 aromatic carbocycles. The van der Waals surface area contributed by atoms with Crippen LogP contribution in [0.4, 0.5) is 4.79 Å². The Morgan fingerprint density at radius 3 is 1.91 bits per heavy atom. The number of methoxy groups -OCH3 is 1. The molecule has 0 aliphatic rings. The summed E-state index contributed by atoms with van der Waals surface area (Å²) in [5.41, 5.74) is 4.68. The van der Waals surface area contributed by atoms with Gasteiger partial charge in [-0.3, -0.25) is 0 Å². The van der Waals surface area contributed by atoms with E-state index in [1.54, 1.807) is 6.07 Å². The molecule has 0 radical (unpaired) electrons. The molecule has 0 saturated carbocycles. The van der Waals surface area contributed by atoms with Crippen LogP contribution in [0, 0.1) is 6.92 Å². The summed E-state index contributed by atoms with van der Waals surface area (Å²) in [5, 5.41) is 0. The van der Waals surface area contributed by atoms with Gasteiger partial charge in [0, 0.05) is 11.6 Å². The fraction of sp³-hybridized carbons (Fsp3) is 0.138. The Bertz CT molecular complexity index is 1220. The minimum absolute atomic E-state index is 0.277. The number of hydrogen-bond donors (Lipinski definition) is 0. The first-order valence-electron chi connectivity index (χ1n) is 11.0. The van der Waals surface area contributed by atoms with E-state index in [2.05, 4.69) is 0 Å². The molecule has 5 heteroatoms. The maximum absolute atomic E-state index is 12.1. The van der Waals surface area contributed by atoms with E-state index in [1.807, 2.05) is 97.9 Å². The highest BCUT2D eigenvalue weighted by molar-refractivity contribution is 5.79. The van der Waals surface area contributed by atoms with Crippen molar-refractivity contribution in [2.45, 2.75) is 20.1 Å². The summed E-state index contributed by atoms with van der Waals surface area (Å²) in [4.78, 5) is 12.1. The van der Waals surface area contributed by atoms with Gasteiger partial charge in [0.15, 0.2) is 11.5 Å². The van der Waals surface area contributed by atoms with Crippen LogP contribution >= 0.6 is 0 Å². The third-order valence-electron chi connectivity index (χ3n) is 5.23. The van der Waals surface area contributed by atoms with Crippen molar-refractivity contribution in [1.82, 2.24) is 0 Å². The van der Waals surface area contributed by atoms with Crippen LogP contribution in [0.15, 0.2) is 97.1 Å². The van der Waals surface area contributed by atoms with E-state index in [9.17, 15) is 4.79 Å². The zero-order valence-electron chi connectivity index (χ0n) is 19.2. The molecule has 172 valence electrons. The largest absolute Gasteiger partial charge is 0.513 e. The molecule has 0 saturated heterocycles. The zero-order valence-corrected chi connectivity index (χ0v) is 19.2. The lowest BCUT2D eigenvalue weighted by molar-refractivity contribution is 0.119. The Morgan fingerprint density at radius 2 is 1.32 bits per heavy atom. The van der Waals surface area contributed by atoms with Crippen LogP contribution in [0.2, 0.25) is 0 Å². The average Bonchev–Trinajstić information content (AvgIpc) is 2.88. The van der Waals surface area contributed by atoms with Gasteiger partial charge in [-0.25, -0.2) is 4.79 Å². The monoisotopic (exact) mass is 454 g/mol. The molecule has 0 aromatic heterocycles. The second-order valence-corrected chi connectivity index (χ2v) is 7.77. The summed E-state index contributed by atoms with van der Waals surface area (Å²) in [5.74, 6) is 1.26. The molecule has 0 amide bonds. The number of carbonyl (C=O) groups is 1. The van der Waals surface area contributed by atoms with Crippen LogP contribution < -0.4 is 14.2 Å². The van der Waals surface area contributed by atoms with Crippen molar-refractivity contribution in [3.8, 4) is 28.4 Å². The molecule has 4 rings (SSSR count). The third kappa shape index (κ3) is 5.95. The molecule has 0 spiro atoms. The minimum Gasteiger partial charge on any atom is -0.489 e. The zero-order chi connectivity index (χ0) is 23.8. The molecule has 0 N–H and O–H groups in total. The van der Waals surface area contributed by atoms with Crippen molar-refractivity contribution in [2.24, 2.45) is 0 Å². The standard InChI is InChI=1S/C29H26O5/c1-21-13-15-24(16-14-21)26-17-25(32-19-22-9-5-3-6-10-22)18-27(28(26)34-29(30)31-2)33-20-23-11-7-4-8-12-23/h3-18H,19-20H2,1-2H3. The van der Waals surface area contributed by atoms with Crippen LogP contribution in [-0.2, 0) is 18.0 Å². The first kappa shape index (κ1) is 22.9. The maximum atomic E-state index is 12.1. The Labute approximate surface area is 199 Å². The van der Waals surface area contributed by atoms with Gasteiger partial charge < -0.3 is 18.9 Å². The van der Waals surface area contributed by atoms with Crippen LogP contribution in [0.3, 0.4) is 0 Å². The molecular weight excluding hydrogens is 428 g/mol. The maximum Gasteiger partial charge on any atom is 0.513 e. The van der Waals surface area contributed by atoms with E-state index in [-0.39, 0.29) is 5.75 Å². The summed E-state index contributed by atoms with van der Waals surface area (Å²) in [7, 11) is 1.27. The van der Waals surface area contributed by atoms with E-state index in [0.717, 1.165) is 22.3 Å². The lowest BCUT2D eigenvalue weighted by Crippen LogP contribution is -2.10. The van der Waals surface area contributed by atoms with Crippen molar-refractivity contribution in [1.29, 1.82) is 0 Å². The topological polar surface area (TPSA) is 54.0 Å². The molecule has 0 atom stereocenters. The third-order valence-corrected chi connectivity index (χ3v) is 5.23. The van der Waals surface area contributed by atoms with Gasteiger partial charge in [-0.05, 0) is 29.7 Å². The van der Waals surface area contributed by atoms with Gasteiger partial charge in [0.2, 0.25) is 0 Å². The summed E-state index contributed by atoms with van der Waals surface area (Å²) in [6.45, 7) is 2.71. The van der Waals surface area contributed by atoms with E-state index < -0.39 is 6.16 Å². The lowest BCUT2D eigenvalue weighted by atomic mass is 10.0. The molecular formula is C29H26O5. The molecule has 0 aliphatic heterocycles. The van der Waals surface area contributed by atoms with E-state index in [4.69, 9.17) is 18.9 Å². The molecule has 0 heterocycles. The van der Waals surface area contributed by atoms with Crippen LogP contribution in [0.1, 0.15) is 16.7 Å². The first-order chi connectivity index (χ1) is 16.6. The molecule has 0 bridgehead atoms. The van der Waals surface area contributed by atoms with Gasteiger partial charge in [0.25, 0.3) is 0 Å². The van der Waals surface area contributed by atoms with Gasteiger partial charge in [-0.15, -0.1) is 0 Å². The van der Waals surface area contributed by atoms with Gasteiger partial charge in [-0.1, -0.05) is 90.5 Å². The van der Waals surface area contributed by atoms with Crippen molar-refractivity contribution < 1.29 is 23.7 Å². The second kappa shape index (κ2) is 11.1. The van der Waals surface area contributed by atoms with E-state index >= 15 is 0 Å². The number of ether oxygens (including phenoxy) is 4. The minimum atomic E-state index is -0.823. The molecule has 0 aliphatic carbocycles. The Kier molecular flexibility index (Phi) is 7.45. The highest BCUT2D eigenvalue weighted by Crippen LogP contribution is 2.43. The Hall–Kier alpha value is -4.25. The van der Waals surface area contributed by atoms with Crippen molar-refractivity contribution in [3.05, 3.63) is 114 Å². The highest BCUT2D eigenvalue weighted by atomic mass is 16.7. The summed E-state index contributed by atoms with van der Waals surface area (Å²) in [6.07, 6.45) is -0.823. The fourth-order valence-electron chi connectivity index (χ4n) is 3.42. The molecule has 0 fully saturated rings. The van der Waals surface area contributed by atoms with Crippen molar-refractivity contribution >= 4 is 6.16 Å². The molecule has 5 nitrogen and oxygen atoms in total. The van der Waals surface area contributed by atoms with Gasteiger partial charge >= 0.3 is 6.16 Å². The van der Waals surface area contributed by atoms with Crippen LogP contribution in [0.25, 0.3) is 11.1 Å². The predicted octanol–water partition coefficient (Wildman–Crippen LogP) is 6.97. The smallest absolute Gasteiger partial charge is 0.489 e. The van der Waals surface area contributed by atoms with Gasteiger partial charge in [0.05, 0.1) is 7.11 Å². The summed E-state index contributed by atoms with van der Waals surface area (Å²) >= 11 is 0. The van der Waals surface area contributed by atoms with E-state index in [1.165, 1.54) is 7.11 Å². The van der Waals surface area contributed by atoms with Crippen LogP contribution in [0.5, 0.6) is 17.2 Å². The first-order valence-corrected chi connectivity index (χ1v) is 11.0. The molecule has 34 heavy (non-hydrogen) atoms. The van der Waals surface area contributed by atoms with Crippen LogP contribution in [-0.4, -0.2) is 13.3 Å². The summed E-state index contributed by atoms with van der Waals surface area (Å²) < 4.78 is 22.6. The van der Waals surface area contributed by atoms with Gasteiger partial charge in [0.1, 0.15) is 19.0 Å². The molecule has 4 aromatic rings. The highest BCUT2D eigenvalue weighted by Gasteiger charge is 2.20. The predicted molar refractivity (Wildman–Crippen MR) is 131 cm³/mol. The van der Waals surface area contributed by atoms with Gasteiger partial charge in [-0.2, -0.15) is 0 Å². The lowest BCUT2D eigenvalue weighted by Gasteiger charge is -2.18. The number of benzene rings is 4. The fourth-order valence-corrected chi connectivity index (χ4v) is 3.42. The number of aryl methyl sites for hydroxylation is 1.